The number of hydrogen-bond donors (Lipinski definition) is 0. The van der Waals surface area contributed by atoms with Gasteiger partial charge in [-0.15, -0.1) is 0 Å². The molecule has 0 bridgehead atoms. The number of halogens is 2. The van der Waals surface area contributed by atoms with Crippen LogP contribution in [-0.4, -0.2) is 51.8 Å². The first-order valence-corrected chi connectivity index (χ1v) is 11.6. The standard InChI is InChI=1S/C26H25ClFN5O/c1-16-15-21(26(34)32-13-11-31(12-14-32)20-9-7-19(28)8-10-20)24-18(3)30-33(25(24)29-16)23-6-4-5-22(27)17(23)2/h4-10,15H,11-14H2,1-3H3. The Hall–Kier alpha value is -3.45. The third-order valence-electron chi connectivity index (χ3n) is 6.40. The number of fused-ring (bicyclic) bond motifs is 1. The Balaban J connectivity index is 1.47. The number of hydrogen-bond acceptors (Lipinski definition) is 4. The predicted octanol–water partition coefficient (Wildman–Crippen LogP) is 5.10. The van der Waals surface area contributed by atoms with Gasteiger partial charge in [0.25, 0.3) is 5.91 Å². The van der Waals surface area contributed by atoms with Crippen molar-refractivity contribution in [3.05, 3.63) is 81.9 Å². The second kappa shape index (κ2) is 8.72. The van der Waals surface area contributed by atoms with E-state index in [0.29, 0.717) is 42.4 Å². The number of anilines is 1. The minimum Gasteiger partial charge on any atom is -0.368 e. The summed E-state index contributed by atoms with van der Waals surface area (Å²) in [7, 11) is 0. The Morgan fingerprint density at radius 3 is 2.41 bits per heavy atom. The molecule has 34 heavy (non-hydrogen) atoms. The molecule has 4 aromatic rings. The molecule has 0 N–H and O–H groups in total. The van der Waals surface area contributed by atoms with Crippen molar-refractivity contribution in [1.29, 1.82) is 0 Å². The van der Waals surface area contributed by atoms with E-state index in [-0.39, 0.29) is 11.7 Å². The number of carbonyl (C=O) groups is 1. The Kier molecular flexibility index (Phi) is 5.73. The van der Waals surface area contributed by atoms with Crippen LogP contribution >= 0.6 is 11.6 Å². The van der Waals surface area contributed by atoms with E-state index in [9.17, 15) is 9.18 Å². The fourth-order valence-electron chi connectivity index (χ4n) is 4.57. The van der Waals surface area contributed by atoms with E-state index in [1.165, 1.54) is 12.1 Å². The number of pyridine rings is 1. The summed E-state index contributed by atoms with van der Waals surface area (Å²) in [4.78, 5) is 22.4. The zero-order chi connectivity index (χ0) is 24.0. The second-order valence-electron chi connectivity index (χ2n) is 8.65. The maximum Gasteiger partial charge on any atom is 0.254 e. The normalized spacial score (nSPS) is 14.1. The summed E-state index contributed by atoms with van der Waals surface area (Å²) in [6.07, 6.45) is 0. The van der Waals surface area contributed by atoms with E-state index in [4.69, 9.17) is 21.7 Å². The predicted molar refractivity (Wildman–Crippen MR) is 133 cm³/mol. The van der Waals surface area contributed by atoms with E-state index in [1.807, 2.05) is 49.9 Å². The molecule has 6 nitrogen and oxygen atoms in total. The van der Waals surface area contributed by atoms with Crippen molar-refractivity contribution < 1.29 is 9.18 Å². The van der Waals surface area contributed by atoms with Crippen LogP contribution in [0.1, 0.15) is 27.3 Å². The maximum atomic E-state index is 13.6. The van der Waals surface area contributed by atoms with Gasteiger partial charge in [0.05, 0.1) is 22.3 Å². The first-order chi connectivity index (χ1) is 16.3. The van der Waals surface area contributed by atoms with Gasteiger partial charge < -0.3 is 9.80 Å². The molecule has 8 heteroatoms. The van der Waals surface area contributed by atoms with Crippen LogP contribution in [0, 0.1) is 26.6 Å². The Bertz CT molecular complexity index is 1390. The number of piperazine rings is 1. The van der Waals surface area contributed by atoms with Crippen LogP contribution in [0.25, 0.3) is 16.7 Å². The van der Waals surface area contributed by atoms with Gasteiger partial charge in [0.15, 0.2) is 5.65 Å². The van der Waals surface area contributed by atoms with Gasteiger partial charge in [-0.05, 0) is 68.8 Å². The van der Waals surface area contributed by atoms with Gasteiger partial charge in [-0.1, -0.05) is 17.7 Å². The lowest BCUT2D eigenvalue weighted by molar-refractivity contribution is 0.0748. The summed E-state index contributed by atoms with van der Waals surface area (Å²) in [6.45, 7) is 8.27. The smallest absolute Gasteiger partial charge is 0.254 e. The van der Waals surface area contributed by atoms with E-state index in [1.54, 1.807) is 16.8 Å². The molecule has 1 saturated heterocycles. The number of aryl methyl sites for hydroxylation is 2. The summed E-state index contributed by atoms with van der Waals surface area (Å²) in [5, 5.41) is 6.15. The van der Waals surface area contributed by atoms with Gasteiger partial charge in [0, 0.05) is 42.6 Å². The van der Waals surface area contributed by atoms with Gasteiger partial charge in [0.2, 0.25) is 0 Å². The molecule has 0 saturated carbocycles. The van der Waals surface area contributed by atoms with Gasteiger partial charge in [-0.3, -0.25) is 4.79 Å². The second-order valence-corrected chi connectivity index (χ2v) is 9.05. The monoisotopic (exact) mass is 477 g/mol. The molecule has 2 aromatic carbocycles. The van der Waals surface area contributed by atoms with Crippen molar-refractivity contribution in [2.45, 2.75) is 20.8 Å². The quantitative estimate of drug-likeness (QED) is 0.412. The SMILES string of the molecule is Cc1cc(C(=O)N2CCN(c3ccc(F)cc3)CC2)c2c(C)nn(-c3cccc(Cl)c3C)c2n1. The van der Waals surface area contributed by atoms with Crippen LogP contribution in [0.5, 0.6) is 0 Å². The largest absolute Gasteiger partial charge is 0.368 e. The number of carbonyl (C=O) groups excluding carboxylic acids is 1. The van der Waals surface area contributed by atoms with E-state index in [2.05, 4.69) is 4.90 Å². The number of amides is 1. The fraction of sp³-hybridized carbons (Fsp3) is 0.269. The highest BCUT2D eigenvalue weighted by Gasteiger charge is 2.27. The zero-order valence-corrected chi connectivity index (χ0v) is 20.1. The highest BCUT2D eigenvalue weighted by molar-refractivity contribution is 6.31. The highest BCUT2D eigenvalue weighted by Crippen LogP contribution is 2.29. The van der Waals surface area contributed by atoms with Gasteiger partial charge in [-0.2, -0.15) is 5.10 Å². The molecule has 174 valence electrons. The molecule has 1 aliphatic rings. The van der Waals surface area contributed by atoms with Gasteiger partial charge in [0.1, 0.15) is 5.82 Å². The minimum atomic E-state index is -0.251. The molecular formula is C26H25ClFN5O. The van der Waals surface area contributed by atoms with Crippen LogP contribution in [0.2, 0.25) is 5.02 Å². The molecule has 0 aliphatic carbocycles. The molecule has 1 fully saturated rings. The average Bonchev–Trinajstić information content (AvgIpc) is 3.16. The van der Waals surface area contributed by atoms with Crippen molar-refractivity contribution in [2.24, 2.45) is 0 Å². The molecule has 0 unspecified atom stereocenters. The lowest BCUT2D eigenvalue weighted by atomic mass is 10.1. The lowest BCUT2D eigenvalue weighted by Gasteiger charge is -2.36. The highest BCUT2D eigenvalue weighted by atomic mass is 35.5. The first kappa shape index (κ1) is 22.3. The lowest BCUT2D eigenvalue weighted by Crippen LogP contribution is -2.48. The summed E-state index contributed by atoms with van der Waals surface area (Å²) in [6, 6.07) is 14.0. The maximum absolute atomic E-state index is 13.6. The molecule has 1 aliphatic heterocycles. The van der Waals surface area contributed by atoms with Crippen LogP contribution < -0.4 is 4.90 Å². The topological polar surface area (TPSA) is 54.3 Å². The third kappa shape index (κ3) is 3.90. The fourth-order valence-corrected chi connectivity index (χ4v) is 4.74. The van der Waals surface area contributed by atoms with Crippen molar-refractivity contribution in [1.82, 2.24) is 19.7 Å². The molecule has 2 aromatic heterocycles. The molecule has 1 amide bonds. The number of nitrogens with zero attached hydrogens (tertiary/aromatic N) is 5. The Labute approximate surface area is 202 Å². The summed E-state index contributed by atoms with van der Waals surface area (Å²) in [5.41, 5.74) is 5.47. The Morgan fingerprint density at radius 1 is 1.00 bits per heavy atom. The number of benzene rings is 2. The minimum absolute atomic E-state index is 0.0280. The first-order valence-electron chi connectivity index (χ1n) is 11.3. The molecule has 0 spiro atoms. The zero-order valence-electron chi connectivity index (χ0n) is 19.3. The van der Waals surface area contributed by atoms with Crippen molar-refractivity contribution in [3.8, 4) is 5.69 Å². The van der Waals surface area contributed by atoms with Gasteiger partial charge >= 0.3 is 0 Å². The third-order valence-corrected chi connectivity index (χ3v) is 6.81. The van der Waals surface area contributed by atoms with Gasteiger partial charge in [-0.25, -0.2) is 14.1 Å². The molecule has 0 radical (unpaired) electrons. The van der Waals surface area contributed by atoms with Crippen LogP contribution in [0.3, 0.4) is 0 Å². The van der Waals surface area contributed by atoms with E-state index >= 15 is 0 Å². The van der Waals surface area contributed by atoms with Crippen molar-refractivity contribution >= 4 is 34.2 Å². The summed E-state index contributed by atoms with van der Waals surface area (Å²) >= 11 is 6.36. The molecule has 3 heterocycles. The summed E-state index contributed by atoms with van der Waals surface area (Å²) < 4.78 is 15.0. The van der Waals surface area contributed by atoms with Crippen LogP contribution in [0.4, 0.5) is 10.1 Å². The average molecular weight is 478 g/mol. The van der Waals surface area contributed by atoms with E-state index < -0.39 is 0 Å². The van der Waals surface area contributed by atoms with Crippen LogP contribution in [0.15, 0.2) is 48.5 Å². The summed E-state index contributed by atoms with van der Waals surface area (Å²) in [5.74, 6) is -0.279. The van der Waals surface area contributed by atoms with Crippen molar-refractivity contribution in [3.63, 3.8) is 0 Å². The van der Waals surface area contributed by atoms with Crippen molar-refractivity contribution in [2.75, 3.05) is 31.1 Å². The van der Waals surface area contributed by atoms with Crippen LogP contribution in [-0.2, 0) is 0 Å². The number of aromatic nitrogens is 3. The van der Waals surface area contributed by atoms with E-state index in [0.717, 1.165) is 33.7 Å². The molecule has 5 rings (SSSR count). The Morgan fingerprint density at radius 2 is 1.71 bits per heavy atom. The molecular weight excluding hydrogens is 453 g/mol. The number of rotatable bonds is 3. The molecule has 0 atom stereocenters.